The predicted molar refractivity (Wildman–Crippen MR) is 80.4 cm³/mol. The van der Waals surface area contributed by atoms with Crippen LogP contribution in [0.25, 0.3) is 0 Å². The van der Waals surface area contributed by atoms with Gasteiger partial charge in [-0.05, 0) is 48.3 Å². The van der Waals surface area contributed by atoms with Crippen LogP contribution in [0.1, 0.15) is 30.4 Å². The molecule has 0 spiro atoms. The van der Waals surface area contributed by atoms with Crippen molar-refractivity contribution in [3.63, 3.8) is 0 Å². The summed E-state index contributed by atoms with van der Waals surface area (Å²) in [6.07, 6.45) is 5.15. The Kier molecular flexibility index (Phi) is 4.11. The van der Waals surface area contributed by atoms with Crippen LogP contribution in [0.3, 0.4) is 0 Å². The first-order valence-electron chi connectivity index (χ1n) is 7.09. The van der Waals surface area contributed by atoms with Crippen molar-refractivity contribution in [1.82, 2.24) is 5.32 Å². The minimum Gasteiger partial charge on any atom is -0.385 e. The third-order valence-corrected chi connectivity index (χ3v) is 5.01. The number of anilines is 1. The van der Waals surface area contributed by atoms with E-state index in [0.29, 0.717) is 0 Å². The van der Waals surface area contributed by atoms with Gasteiger partial charge in [0.05, 0.1) is 0 Å². The predicted octanol–water partition coefficient (Wildman–Crippen LogP) is 3.03. The van der Waals surface area contributed by atoms with E-state index in [-0.39, 0.29) is 0 Å². The highest BCUT2D eigenvalue weighted by molar-refractivity contribution is 7.99. The second kappa shape index (κ2) is 5.98. The lowest BCUT2D eigenvalue weighted by molar-refractivity contribution is 0.482. The SMILES string of the molecule is c1cc2c(c(CNC3CCSCC3)c1)NCCC2. The van der Waals surface area contributed by atoms with Crippen LogP contribution in [0, 0.1) is 0 Å². The van der Waals surface area contributed by atoms with Crippen LogP contribution in [0.4, 0.5) is 5.69 Å². The number of thioether (sulfide) groups is 1. The van der Waals surface area contributed by atoms with Crippen LogP contribution in [-0.4, -0.2) is 24.1 Å². The molecule has 2 heterocycles. The van der Waals surface area contributed by atoms with Crippen molar-refractivity contribution < 1.29 is 0 Å². The van der Waals surface area contributed by atoms with E-state index in [1.165, 1.54) is 54.0 Å². The number of aryl methyl sites for hydroxylation is 1. The van der Waals surface area contributed by atoms with E-state index in [2.05, 4.69) is 40.6 Å². The quantitative estimate of drug-likeness (QED) is 0.875. The maximum atomic E-state index is 3.73. The lowest BCUT2D eigenvalue weighted by Crippen LogP contribution is -2.32. The molecule has 1 saturated heterocycles. The highest BCUT2D eigenvalue weighted by Crippen LogP contribution is 2.26. The number of benzene rings is 1. The highest BCUT2D eigenvalue weighted by atomic mass is 32.2. The molecule has 0 amide bonds. The Hall–Kier alpha value is -0.670. The zero-order valence-electron chi connectivity index (χ0n) is 10.9. The van der Waals surface area contributed by atoms with Gasteiger partial charge in [0.1, 0.15) is 0 Å². The van der Waals surface area contributed by atoms with Gasteiger partial charge in [-0.2, -0.15) is 11.8 Å². The highest BCUT2D eigenvalue weighted by Gasteiger charge is 2.15. The van der Waals surface area contributed by atoms with Crippen molar-refractivity contribution in [2.45, 2.75) is 38.3 Å². The Bertz CT molecular complexity index is 399. The Morgan fingerprint density at radius 2 is 2.17 bits per heavy atom. The van der Waals surface area contributed by atoms with Crippen LogP contribution < -0.4 is 10.6 Å². The maximum absolute atomic E-state index is 3.73. The van der Waals surface area contributed by atoms with Crippen LogP contribution >= 0.6 is 11.8 Å². The van der Waals surface area contributed by atoms with Crippen molar-refractivity contribution in [1.29, 1.82) is 0 Å². The molecule has 0 unspecified atom stereocenters. The Morgan fingerprint density at radius 3 is 3.06 bits per heavy atom. The number of para-hydroxylation sites is 1. The van der Waals surface area contributed by atoms with E-state index >= 15 is 0 Å². The summed E-state index contributed by atoms with van der Waals surface area (Å²) in [4.78, 5) is 0. The Morgan fingerprint density at radius 1 is 1.28 bits per heavy atom. The van der Waals surface area contributed by atoms with Crippen molar-refractivity contribution in [3.05, 3.63) is 29.3 Å². The molecular weight excluding hydrogens is 240 g/mol. The number of rotatable bonds is 3. The van der Waals surface area contributed by atoms with E-state index in [4.69, 9.17) is 0 Å². The molecule has 1 aromatic carbocycles. The molecule has 1 fully saturated rings. The van der Waals surface area contributed by atoms with E-state index < -0.39 is 0 Å². The molecule has 0 atom stereocenters. The Labute approximate surface area is 114 Å². The molecule has 0 bridgehead atoms. The summed E-state index contributed by atoms with van der Waals surface area (Å²) < 4.78 is 0. The largest absolute Gasteiger partial charge is 0.385 e. The van der Waals surface area contributed by atoms with Crippen molar-refractivity contribution in [2.75, 3.05) is 23.4 Å². The smallest absolute Gasteiger partial charge is 0.0418 e. The summed E-state index contributed by atoms with van der Waals surface area (Å²) in [5.74, 6) is 2.64. The monoisotopic (exact) mass is 262 g/mol. The molecule has 2 N–H and O–H groups in total. The molecule has 1 aromatic rings. The van der Waals surface area contributed by atoms with E-state index in [1.807, 2.05) is 0 Å². The molecule has 0 aliphatic carbocycles. The first-order chi connectivity index (χ1) is 8.93. The second-order valence-electron chi connectivity index (χ2n) is 5.25. The fraction of sp³-hybridized carbons (Fsp3) is 0.600. The summed E-state index contributed by atoms with van der Waals surface area (Å²) >= 11 is 2.09. The third-order valence-electron chi connectivity index (χ3n) is 3.96. The van der Waals surface area contributed by atoms with Gasteiger partial charge in [-0.3, -0.25) is 0 Å². The summed E-state index contributed by atoms with van der Waals surface area (Å²) in [6.45, 7) is 2.15. The molecule has 0 saturated carbocycles. The molecule has 0 aromatic heterocycles. The number of nitrogens with one attached hydrogen (secondary N) is 2. The molecule has 3 rings (SSSR count). The van der Waals surface area contributed by atoms with Gasteiger partial charge >= 0.3 is 0 Å². The normalized spacial score (nSPS) is 20.2. The van der Waals surface area contributed by atoms with Gasteiger partial charge in [0, 0.05) is 24.8 Å². The number of hydrogen-bond acceptors (Lipinski definition) is 3. The minimum atomic E-state index is 0.727. The molecule has 18 heavy (non-hydrogen) atoms. The maximum Gasteiger partial charge on any atom is 0.0418 e. The van der Waals surface area contributed by atoms with E-state index in [1.54, 1.807) is 0 Å². The first kappa shape index (κ1) is 12.4. The molecular formula is C15H22N2S. The topological polar surface area (TPSA) is 24.1 Å². The van der Waals surface area contributed by atoms with E-state index in [9.17, 15) is 0 Å². The first-order valence-corrected chi connectivity index (χ1v) is 8.25. The van der Waals surface area contributed by atoms with Crippen LogP contribution in [-0.2, 0) is 13.0 Å². The van der Waals surface area contributed by atoms with Crippen molar-refractivity contribution >= 4 is 17.4 Å². The van der Waals surface area contributed by atoms with Gasteiger partial charge < -0.3 is 10.6 Å². The standard InChI is InChI=1S/C15H22N2S/c1-3-12-5-2-8-16-15(12)13(4-1)11-17-14-6-9-18-10-7-14/h1,3-4,14,16-17H,2,5-11H2. The third kappa shape index (κ3) is 2.83. The van der Waals surface area contributed by atoms with Crippen molar-refractivity contribution in [2.24, 2.45) is 0 Å². The fourth-order valence-electron chi connectivity index (χ4n) is 2.88. The zero-order valence-corrected chi connectivity index (χ0v) is 11.7. The summed E-state index contributed by atoms with van der Waals surface area (Å²) in [7, 11) is 0. The summed E-state index contributed by atoms with van der Waals surface area (Å²) in [5.41, 5.74) is 4.35. The van der Waals surface area contributed by atoms with Crippen LogP contribution in [0.5, 0.6) is 0 Å². The minimum absolute atomic E-state index is 0.727. The molecule has 3 heteroatoms. The van der Waals surface area contributed by atoms with Crippen LogP contribution in [0.2, 0.25) is 0 Å². The van der Waals surface area contributed by atoms with Gasteiger partial charge in [-0.25, -0.2) is 0 Å². The average molecular weight is 262 g/mol. The second-order valence-corrected chi connectivity index (χ2v) is 6.47. The number of hydrogen-bond donors (Lipinski definition) is 2. The average Bonchev–Trinajstić information content (AvgIpc) is 2.46. The van der Waals surface area contributed by atoms with Crippen molar-refractivity contribution in [3.8, 4) is 0 Å². The fourth-order valence-corrected chi connectivity index (χ4v) is 3.99. The lowest BCUT2D eigenvalue weighted by atomic mass is 9.99. The van der Waals surface area contributed by atoms with Gasteiger partial charge in [-0.1, -0.05) is 18.2 Å². The lowest BCUT2D eigenvalue weighted by Gasteiger charge is -2.25. The zero-order chi connectivity index (χ0) is 12.2. The molecule has 2 aliphatic rings. The van der Waals surface area contributed by atoms with Gasteiger partial charge in [0.2, 0.25) is 0 Å². The van der Waals surface area contributed by atoms with Gasteiger partial charge in [-0.15, -0.1) is 0 Å². The van der Waals surface area contributed by atoms with Gasteiger partial charge in [0.15, 0.2) is 0 Å². The summed E-state index contributed by atoms with van der Waals surface area (Å²) in [5, 5.41) is 7.31. The van der Waals surface area contributed by atoms with E-state index in [0.717, 1.165) is 19.1 Å². The van der Waals surface area contributed by atoms with Crippen LogP contribution in [0.15, 0.2) is 18.2 Å². The molecule has 2 aliphatic heterocycles. The van der Waals surface area contributed by atoms with Gasteiger partial charge in [0.25, 0.3) is 0 Å². The molecule has 98 valence electrons. The summed E-state index contributed by atoms with van der Waals surface area (Å²) in [6, 6.07) is 7.47. The number of fused-ring (bicyclic) bond motifs is 1. The Balaban J connectivity index is 1.65. The molecule has 0 radical (unpaired) electrons. The molecule has 2 nitrogen and oxygen atoms in total.